The van der Waals surface area contributed by atoms with E-state index in [1.54, 1.807) is 11.8 Å². The molecule has 0 aliphatic heterocycles. The molecule has 0 fully saturated rings. The van der Waals surface area contributed by atoms with Crippen LogP contribution < -0.4 is 5.32 Å². The van der Waals surface area contributed by atoms with Gasteiger partial charge in [-0.25, -0.2) is 4.98 Å². The van der Waals surface area contributed by atoms with E-state index in [0.29, 0.717) is 5.92 Å². The number of hydrogen-bond donors (Lipinski definition) is 2. The van der Waals surface area contributed by atoms with Crippen LogP contribution in [0.3, 0.4) is 0 Å². The molecule has 0 atom stereocenters. The van der Waals surface area contributed by atoms with E-state index in [0.717, 1.165) is 33.4 Å². The Bertz CT molecular complexity index is 568. The Morgan fingerprint density at radius 3 is 2.80 bits per heavy atom. The average Bonchev–Trinajstić information content (AvgIpc) is 2.77. The predicted octanol–water partition coefficient (Wildman–Crippen LogP) is 3.77. The molecule has 0 aliphatic carbocycles. The van der Waals surface area contributed by atoms with Gasteiger partial charge in [0.2, 0.25) is 5.16 Å². The van der Waals surface area contributed by atoms with Gasteiger partial charge in [-0.2, -0.15) is 0 Å². The van der Waals surface area contributed by atoms with Crippen LogP contribution in [0.15, 0.2) is 32.7 Å². The van der Waals surface area contributed by atoms with Crippen molar-refractivity contribution >= 4 is 27.7 Å². The molecule has 0 saturated carbocycles. The first kappa shape index (κ1) is 15.5. The Hall–Kier alpha value is -0.850. The molecular formula is C14H19BrN4S. The summed E-state index contributed by atoms with van der Waals surface area (Å²) in [5.41, 5.74) is 1.26. The van der Waals surface area contributed by atoms with Crippen molar-refractivity contribution in [3.63, 3.8) is 0 Å². The van der Waals surface area contributed by atoms with Crippen LogP contribution in [0, 0.1) is 12.8 Å². The molecule has 20 heavy (non-hydrogen) atoms. The first-order valence-electron chi connectivity index (χ1n) is 6.60. The molecule has 2 aromatic rings. The second kappa shape index (κ2) is 7.24. The third-order valence-corrected chi connectivity index (χ3v) is 4.27. The molecule has 0 bridgehead atoms. The third kappa shape index (κ3) is 4.61. The summed E-state index contributed by atoms with van der Waals surface area (Å²) in [5.74, 6) is 1.50. The largest absolute Gasteiger partial charge is 0.312 e. The number of nitrogens with one attached hydrogen (secondary N) is 2. The molecular weight excluding hydrogens is 336 g/mol. The second-order valence-electron chi connectivity index (χ2n) is 5.08. The van der Waals surface area contributed by atoms with E-state index in [-0.39, 0.29) is 0 Å². The molecule has 2 rings (SSSR count). The Labute approximate surface area is 132 Å². The van der Waals surface area contributed by atoms with Crippen molar-refractivity contribution < 1.29 is 0 Å². The van der Waals surface area contributed by atoms with Crippen LogP contribution >= 0.6 is 27.7 Å². The highest BCUT2D eigenvalue weighted by molar-refractivity contribution is 9.10. The van der Waals surface area contributed by atoms with Crippen molar-refractivity contribution in [2.75, 3.05) is 6.54 Å². The van der Waals surface area contributed by atoms with Gasteiger partial charge >= 0.3 is 0 Å². The number of nitrogens with zero attached hydrogens (tertiary/aromatic N) is 2. The summed E-state index contributed by atoms with van der Waals surface area (Å²) in [6.45, 7) is 8.22. The Morgan fingerprint density at radius 1 is 1.40 bits per heavy atom. The maximum absolute atomic E-state index is 4.30. The molecule has 1 aromatic carbocycles. The van der Waals surface area contributed by atoms with Crippen LogP contribution in [0.5, 0.6) is 0 Å². The highest BCUT2D eigenvalue weighted by Crippen LogP contribution is 2.29. The fraction of sp³-hybridized carbons (Fsp3) is 0.429. The number of rotatable bonds is 6. The van der Waals surface area contributed by atoms with E-state index < -0.39 is 0 Å². The molecule has 1 heterocycles. The number of aromatic nitrogens is 3. The van der Waals surface area contributed by atoms with Gasteiger partial charge in [0.25, 0.3) is 0 Å². The van der Waals surface area contributed by atoms with E-state index >= 15 is 0 Å². The molecule has 1 aromatic heterocycles. The highest BCUT2D eigenvalue weighted by Gasteiger charge is 2.06. The summed E-state index contributed by atoms with van der Waals surface area (Å²) in [6, 6.07) is 6.36. The van der Waals surface area contributed by atoms with Crippen molar-refractivity contribution in [1.82, 2.24) is 20.5 Å². The van der Waals surface area contributed by atoms with E-state index in [2.05, 4.69) is 68.5 Å². The molecule has 0 amide bonds. The van der Waals surface area contributed by atoms with Gasteiger partial charge in [0.1, 0.15) is 5.82 Å². The van der Waals surface area contributed by atoms with Gasteiger partial charge < -0.3 is 5.32 Å². The van der Waals surface area contributed by atoms with E-state index in [9.17, 15) is 0 Å². The van der Waals surface area contributed by atoms with Crippen LogP contribution in [-0.4, -0.2) is 21.7 Å². The van der Waals surface area contributed by atoms with Crippen LogP contribution in [-0.2, 0) is 6.54 Å². The Kier molecular flexibility index (Phi) is 5.63. The molecule has 4 nitrogen and oxygen atoms in total. The summed E-state index contributed by atoms with van der Waals surface area (Å²) in [4.78, 5) is 5.42. The zero-order valence-electron chi connectivity index (χ0n) is 11.9. The number of halogens is 1. The van der Waals surface area contributed by atoms with E-state index in [4.69, 9.17) is 0 Å². The topological polar surface area (TPSA) is 53.6 Å². The minimum atomic E-state index is 0.664. The lowest BCUT2D eigenvalue weighted by molar-refractivity contribution is 0.551. The monoisotopic (exact) mass is 354 g/mol. The third-order valence-electron chi connectivity index (χ3n) is 2.68. The fourth-order valence-electron chi connectivity index (χ4n) is 1.70. The maximum Gasteiger partial charge on any atom is 0.213 e. The Morgan fingerprint density at radius 2 is 2.20 bits per heavy atom. The van der Waals surface area contributed by atoms with Crippen molar-refractivity contribution in [3.05, 3.63) is 34.1 Å². The van der Waals surface area contributed by atoms with Gasteiger partial charge in [0.15, 0.2) is 0 Å². The summed E-state index contributed by atoms with van der Waals surface area (Å²) in [7, 11) is 0. The normalized spacial score (nSPS) is 11.2. The van der Waals surface area contributed by atoms with Crippen LogP contribution in [0.2, 0.25) is 0 Å². The first-order chi connectivity index (χ1) is 9.54. The standard InChI is InChI=1S/C14H19BrN4S/c1-9(2)7-16-8-11-4-5-12(6-13(11)15)20-14-17-10(3)18-19-14/h4-6,9,16H,7-8H2,1-3H3,(H,17,18,19). The Balaban J connectivity index is 1.98. The van der Waals surface area contributed by atoms with Gasteiger partial charge in [-0.3, -0.25) is 5.10 Å². The second-order valence-corrected chi connectivity index (χ2v) is 6.98. The van der Waals surface area contributed by atoms with E-state index in [1.807, 2.05) is 6.92 Å². The molecule has 0 aliphatic rings. The van der Waals surface area contributed by atoms with Crippen molar-refractivity contribution in [3.8, 4) is 0 Å². The molecule has 0 saturated heterocycles. The molecule has 2 N–H and O–H groups in total. The fourth-order valence-corrected chi connectivity index (χ4v) is 3.17. The lowest BCUT2D eigenvalue weighted by atomic mass is 10.2. The lowest BCUT2D eigenvalue weighted by Crippen LogP contribution is -2.19. The zero-order valence-corrected chi connectivity index (χ0v) is 14.3. The van der Waals surface area contributed by atoms with Crippen molar-refractivity contribution in [1.29, 1.82) is 0 Å². The van der Waals surface area contributed by atoms with Gasteiger partial charge in [-0.15, -0.1) is 5.10 Å². The molecule has 0 radical (unpaired) electrons. The van der Waals surface area contributed by atoms with Gasteiger partial charge in [-0.05, 0) is 48.8 Å². The minimum absolute atomic E-state index is 0.664. The van der Waals surface area contributed by atoms with Crippen molar-refractivity contribution in [2.24, 2.45) is 5.92 Å². The van der Waals surface area contributed by atoms with Gasteiger partial charge in [0.05, 0.1) is 0 Å². The summed E-state index contributed by atoms with van der Waals surface area (Å²) < 4.78 is 1.12. The quantitative estimate of drug-likeness (QED) is 0.828. The molecule has 0 unspecified atom stereocenters. The summed E-state index contributed by atoms with van der Waals surface area (Å²) in [5, 5.41) is 11.2. The summed E-state index contributed by atoms with van der Waals surface area (Å²) >= 11 is 5.19. The van der Waals surface area contributed by atoms with E-state index in [1.165, 1.54) is 5.56 Å². The van der Waals surface area contributed by atoms with Crippen molar-refractivity contribution in [2.45, 2.75) is 37.4 Å². The highest BCUT2D eigenvalue weighted by atomic mass is 79.9. The number of aromatic amines is 1. The molecule has 108 valence electrons. The van der Waals surface area contributed by atoms with Gasteiger partial charge in [-0.1, -0.05) is 35.8 Å². The summed E-state index contributed by atoms with van der Waals surface area (Å²) in [6.07, 6.45) is 0. The first-order valence-corrected chi connectivity index (χ1v) is 8.21. The zero-order chi connectivity index (χ0) is 14.5. The smallest absolute Gasteiger partial charge is 0.213 e. The number of benzene rings is 1. The molecule has 0 spiro atoms. The van der Waals surface area contributed by atoms with Gasteiger partial charge in [0, 0.05) is 15.9 Å². The van der Waals surface area contributed by atoms with Crippen LogP contribution in [0.4, 0.5) is 0 Å². The number of H-pyrrole nitrogens is 1. The van der Waals surface area contributed by atoms with Crippen LogP contribution in [0.25, 0.3) is 0 Å². The lowest BCUT2D eigenvalue weighted by Gasteiger charge is -2.09. The maximum atomic E-state index is 4.30. The minimum Gasteiger partial charge on any atom is -0.312 e. The molecule has 6 heteroatoms. The van der Waals surface area contributed by atoms with Crippen LogP contribution in [0.1, 0.15) is 25.2 Å². The average molecular weight is 355 g/mol. The predicted molar refractivity (Wildman–Crippen MR) is 85.9 cm³/mol. The number of hydrogen-bond acceptors (Lipinski definition) is 4. The SMILES string of the molecule is Cc1nc(Sc2ccc(CNCC(C)C)c(Br)c2)n[nH]1. The number of aryl methyl sites for hydroxylation is 1.